The Morgan fingerprint density at radius 3 is 2.69 bits per heavy atom. The molecule has 1 heterocycles. The minimum atomic E-state index is -0.0325. The number of amides is 2. The second-order valence-corrected chi connectivity index (χ2v) is 7.01. The SMILES string of the molecule is CCCNC(=O)Cn1c(CNC(=O)C2CCCCC2)nc2ccccc21. The third kappa shape index (κ3) is 4.42. The summed E-state index contributed by atoms with van der Waals surface area (Å²) >= 11 is 0. The van der Waals surface area contributed by atoms with Gasteiger partial charge in [-0.25, -0.2) is 4.98 Å². The molecule has 0 saturated heterocycles. The van der Waals surface area contributed by atoms with Crippen LogP contribution >= 0.6 is 0 Å². The van der Waals surface area contributed by atoms with Crippen LogP contribution in [0.1, 0.15) is 51.3 Å². The molecule has 1 aliphatic rings. The van der Waals surface area contributed by atoms with Gasteiger partial charge in [-0.15, -0.1) is 0 Å². The number of carbonyl (C=O) groups is 2. The molecule has 1 aliphatic carbocycles. The maximum absolute atomic E-state index is 12.4. The maximum atomic E-state index is 12.4. The molecule has 1 aromatic heterocycles. The number of benzene rings is 1. The molecule has 0 spiro atoms. The van der Waals surface area contributed by atoms with Crippen LogP contribution in [-0.2, 0) is 22.7 Å². The Bertz CT molecular complexity index is 762. The Balaban J connectivity index is 1.72. The van der Waals surface area contributed by atoms with Gasteiger partial charge >= 0.3 is 0 Å². The van der Waals surface area contributed by atoms with E-state index in [1.807, 2.05) is 35.8 Å². The summed E-state index contributed by atoms with van der Waals surface area (Å²) in [6, 6.07) is 7.76. The van der Waals surface area contributed by atoms with Crippen molar-refractivity contribution in [3.63, 3.8) is 0 Å². The van der Waals surface area contributed by atoms with Crippen molar-refractivity contribution in [2.45, 2.75) is 58.5 Å². The second-order valence-electron chi connectivity index (χ2n) is 7.01. The first-order valence-corrected chi connectivity index (χ1v) is 9.67. The quantitative estimate of drug-likeness (QED) is 0.801. The third-order valence-electron chi connectivity index (χ3n) is 5.00. The summed E-state index contributed by atoms with van der Waals surface area (Å²) in [4.78, 5) is 29.3. The molecule has 26 heavy (non-hydrogen) atoms. The Morgan fingerprint density at radius 1 is 1.15 bits per heavy atom. The topological polar surface area (TPSA) is 76.0 Å². The fourth-order valence-electron chi connectivity index (χ4n) is 3.58. The van der Waals surface area contributed by atoms with Crippen molar-refractivity contribution in [2.24, 2.45) is 5.92 Å². The average molecular weight is 356 g/mol. The number of imidazole rings is 1. The van der Waals surface area contributed by atoms with Gasteiger partial charge in [-0.2, -0.15) is 0 Å². The Hall–Kier alpha value is -2.37. The number of aromatic nitrogens is 2. The van der Waals surface area contributed by atoms with Gasteiger partial charge in [-0.05, 0) is 31.4 Å². The van der Waals surface area contributed by atoms with E-state index in [2.05, 4.69) is 15.6 Å². The van der Waals surface area contributed by atoms with Crippen LogP contribution in [0.3, 0.4) is 0 Å². The molecule has 6 nitrogen and oxygen atoms in total. The lowest BCUT2D eigenvalue weighted by molar-refractivity contribution is -0.126. The predicted molar refractivity (Wildman–Crippen MR) is 101 cm³/mol. The highest BCUT2D eigenvalue weighted by atomic mass is 16.2. The Labute approximate surface area is 154 Å². The second kappa shape index (κ2) is 8.83. The number of carbonyl (C=O) groups excluding carboxylic acids is 2. The standard InChI is InChI=1S/C20H28N4O2/c1-2-12-21-19(25)14-24-17-11-7-6-10-16(17)23-18(24)13-22-20(26)15-8-4-3-5-9-15/h6-7,10-11,15H,2-5,8-9,12-14H2,1H3,(H,21,25)(H,22,26). The lowest BCUT2D eigenvalue weighted by atomic mass is 9.89. The van der Waals surface area contributed by atoms with Crippen molar-refractivity contribution in [1.82, 2.24) is 20.2 Å². The molecule has 1 saturated carbocycles. The molecule has 2 aromatic rings. The molecule has 2 amide bonds. The van der Waals surface area contributed by atoms with Crippen molar-refractivity contribution >= 4 is 22.8 Å². The summed E-state index contributed by atoms with van der Waals surface area (Å²) in [6.07, 6.45) is 6.35. The zero-order chi connectivity index (χ0) is 18.4. The number of hydrogen-bond donors (Lipinski definition) is 2. The fourth-order valence-corrected chi connectivity index (χ4v) is 3.58. The molecule has 1 fully saturated rings. The van der Waals surface area contributed by atoms with Gasteiger partial charge in [0.15, 0.2) is 0 Å². The van der Waals surface area contributed by atoms with Gasteiger partial charge in [0.25, 0.3) is 0 Å². The minimum Gasteiger partial charge on any atom is -0.355 e. The molecule has 140 valence electrons. The van der Waals surface area contributed by atoms with Crippen molar-refractivity contribution in [3.05, 3.63) is 30.1 Å². The number of hydrogen-bond acceptors (Lipinski definition) is 3. The van der Waals surface area contributed by atoms with E-state index in [4.69, 9.17) is 0 Å². The third-order valence-corrected chi connectivity index (χ3v) is 5.00. The zero-order valence-corrected chi connectivity index (χ0v) is 15.5. The number of fused-ring (bicyclic) bond motifs is 1. The van der Waals surface area contributed by atoms with Crippen molar-refractivity contribution in [2.75, 3.05) is 6.54 Å². The van der Waals surface area contributed by atoms with Crippen molar-refractivity contribution < 1.29 is 9.59 Å². The summed E-state index contributed by atoms with van der Waals surface area (Å²) < 4.78 is 1.90. The highest BCUT2D eigenvalue weighted by Gasteiger charge is 2.21. The van der Waals surface area contributed by atoms with Crippen molar-refractivity contribution in [1.29, 1.82) is 0 Å². The van der Waals surface area contributed by atoms with E-state index in [1.165, 1.54) is 6.42 Å². The molecule has 6 heteroatoms. The molecule has 0 unspecified atom stereocenters. The molecule has 0 bridgehead atoms. The molecular weight excluding hydrogens is 328 g/mol. The Kier molecular flexibility index (Phi) is 6.26. The van der Waals surface area contributed by atoms with E-state index >= 15 is 0 Å². The van der Waals surface area contributed by atoms with Crippen LogP contribution in [0.15, 0.2) is 24.3 Å². The molecule has 0 radical (unpaired) electrons. The average Bonchev–Trinajstić information content (AvgIpc) is 3.02. The van der Waals surface area contributed by atoms with Crippen LogP contribution < -0.4 is 10.6 Å². The van der Waals surface area contributed by atoms with Gasteiger partial charge in [0, 0.05) is 12.5 Å². The number of rotatable bonds is 7. The number of nitrogens with zero attached hydrogens (tertiary/aromatic N) is 2. The smallest absolute Gasteiger partial charge is 0.240 e. The van der Waals surface area contributed by atoms with Crippen LogP contribution in [0.25, 0.3) is 11.0 Å². The van der Waals surface area contributed by atoms with E-state index in [-0.39, 0.29) is 24.3 Å². The fraction of sp³-hybridized carbons (Fsp3) is 0.550. The van der Waals surface area contributed by atoms with E-state index in [9.17, 15) is 9.59 Å². The summed E-state index contributed by atoms with van der Waals surface area (Å²) in [6.45, 7) is 3.26. The van der Waals surface area contributed by atoms with Crippen LogP contribution in [0.2, 0.25) is 0 Å². The van der Waals surface area contributed by atoms with Gasteiger partial charge in [0.05, 0.1) is 17.6 Å². The van der Waals surface area contributed by atoms with Gasteiger partial charge in [-0.3, -0.25) is 9.59 Å². The van der Waals surface area contributed by atoms with Crippen LogP contribution in [0, 0.1) is 5.92 Å². The van der Waals surface area contributed by atoms with Gasteiger partial charge in [0.1, 0.15) is 12.4 Å². The van der Waals surface area contributed by atoms with E-state index in [0.29, 0.717) is 13.1 Å². The molecule has 1 aromatic carbocycles. The van der Waals surface area contributed by atoms with E-state index in [1.54, 1.807) is 0 Å². The highest BCUT2D eigenvalue weighted by Crippen LogP contribution is 2.24. The van der Waals surface area contributed by atoms with Gasteiger partial charge in [0.2, 0.25) is 11.8 Å². The first-order valence-electron chi connectivity index (χ1n) is 9.67. The highest BCUT2D eigenvalue weighted by molar-refractivity contribution is 5.81. The molecule has 0 aliphatic heterocycles. The zero-order valence-electron chi connectivity index (χ0n) is 15.5. The van der Waals surface area contributed by atoms with Crippen LogP contribution in [0.4, 0.5) is 0 Å². The summed E-state index contributed by atoms with van der Waals surface area (Å²) in [5.74, 6) is 0.921. The van der Waals surface area contributed by atoms with Crippen molar-refractivity contribution in [3.8, 4) is 0 Å². The monoisotopic (exact) mass is 356 g/mol. The van der Waals surface area contributed by atoms with E-state index < -0.39 is 0 Å². The number of nitrogens with one attached hydrogen (secondary N) is 2. The van der Waals surface area contributed by atoms with Gasteiger partial charge in [-0.1, -0.05) is 38.3 Å². The minimum absolute atomic E-state index is 0.0325. The first-order chi connectivity index (χ1) is 12.7. The summed E-state index contributed by atoms with van der Waals surface area (Å²) in [5, 5.41) is 5.94. The molecule has 3 rings (SSSR count). The maximum Gasteiger partial charge on any atom is 0.240 e. The normalized spacial score (nSPS) is 15.1. The van der Waals surface area contributed by atoms with Crippen LogP contribution in [0.5, 0.6) is 0 Å². The molecule has 2 N–H and O–H groups in total. The molecular formula is C20H28N4O2. The summed E-state index contributed by atoms with van der Waals surface area (Å²) in [7, 11) is 0. The molecule has 0 atom stereocenters. The van der Waals surface area contributed by atoms with Gasteiger partial charge < -0.3 is 15.2 Å². The first kappa shape index (κ1) is 18.4. The van der Waals surface area contributed by atoms with Crippen LogP contribution in [-0.4, -0.2) is 27.9 Å². The Morgan fingerprint density at radius 2 is 1.92 bits per heavy atom. The lowest BCUT2D eigenvalue weighted by Crippen LogP contribution is -2.33. The van der Waals surface area contributed by atoms with E-state index in [0.717, 1.165) is 49.0 Å². The largest absolute Gasteiger partial charge is 0.355 e. The summed E-state index contributed by atoms with van der Waals surface area (Å²) in [5.41, 5.74) is 1.76. The lowest BCUT2D eigenvalue weighted by Gasteiger charge is -2.20. The number of para-hydroxylation sites is 2. The predicted octanol–water partition coefficient (Wildman–Crippen LogP) is 2.76.